The van der Waals surface area contributed by atoms with E-state index >= 15 is 0 Å². The van der Waals surface area contributed by atoms with E-state index in [9.17, 15) is 4.79 Å². The van der Waals surface area contributed by atoms with Crippen molar-refractivity contribution in [2.24, 2.45) is 11.8 Å². The highest BCUT2D eigenvalue weighted by Gasteiger charge is 2.28. The molecule has 1 heteroatoms. The van der Waals surface area contributed by atoms with Gasteiger partial charge in [0.2, 0.25) is 0 Å². The van der Waals surface area contributed by atoms with Crippen LogP contribution in [0.15, 0.2) is 54.1 Å². The smallest absolute Gasteiger partial charge is 0.166 e. The normalized spacial score (nSPS) is 17.0. The third-order valence-corrected chi connectivity index (χ3v) is 4.50. The number of carbonyl (C=O) groups excluding carboxylic acids is 1. The van der Waals surface area contributed by atoms with Crippen molar-refractivity contribution < 1.29 is 4.79 Å². The third kappa shape index (κ3) is 2.92. The maximum atomic E-state index is 12.6. The average molecular weight is 268 g/mol. The Hall–Kier alpha value is -1.63. The summed E-state index contributed by atoms with van der Waals surface area (Å²) in [4.78, 5) is 12.6. The second kappa shape index (κ2) is 6.69. The highest BCUT2D eigenvalue weighted by molar-refractivity contribution is 5.98. The molecular formula is C19H24O. The molecule has 2 unspecified atom stereocenters. The molecule has 1 aliphatic carbocycles. The predicted molar refractivity (Wildman–Crippen MR) is 84.8 cm³/mol. The van der Waals surface area contributed by atoms with Crippen LogP contribution in [0, 0.1) is 11.8 Å². The standard InChI is InChI=1S/C19H24O/c1-4-17(18(5-2)15-12-9-13-15)14(3)19(20)16-10-7-6-8-11-16/h5-8,10-11,14,17H,2,4,9,12-13H2,1,3H3. The van der Waals surface area contributed by atoms with Crippen LogP contribution in [0.5, 0.6) is 0 Å². The lowest BCUT2D eigenvalue weighted by atomic mass is 9.75. The zero-order valence-corrected chi connectivity index (χ0v) is 12.6. The monoisotopic (exact) mass is 268 g/mol. The lowest BCUT2D eigenvalue weighted by Gasteiger charge is -2.29. The summed E-state index contributed by atoms with van der Waals surface area (Å²) in [5, 5.41) is 0. The van der Waals surface area contributed by atoms with E-state index < -0.39 is 0 Å². The van der Waals surface area contributed by atoms with Crippen molar-refractivity contribution in [1.29, 1.82) is 0 Å². The first-order valence-electron chi connectivity index (χ1n) is 7.62. The molecule has 0 N–H and O–H groups in total. The van der Waals surface area contributed by atoms with Gasteiger partial charge in [-0.25, -0.2) is 0 Å². The van der Waals surface area contributed by atoms with E-state index in [1.54, 1.807) is 0 Å². The minimum atomic E-state index is 0.0171. The Morgan fingerprint density at radius 1 is 1.30 bits per heavy atom. The average Bonchev–Trinajstić information content (AvgIpc) is 2.44. The molecule has 106 valence electrons. The number of allylic oxidation sites excluding steroid dienone is 3. The quantitative estimate of drug-likeness (QED) is 0.648. The Morgan fingerprint density at radius 3 is 2.40 bits per heavy atom. The van der Waals surface area contributed by atoms with Gasteiger partial charge in [-0.15, -0.1) is 0 Å². The van der Waals surface area contributed by atoms with Gasteiger partial charge in [-0.05, 0) is 37.2 Å². The van der Waals surface area contributed by atoms with Gasteiger partial charge in [0.15, 0.2) is 5.78 Å². The van der Waals surface area contributed by atoms with Gasteiger partial charge in [0.25, 0.3) is 0 Å². The third-order valence-electron chi connectivity index (χ3n) is 4.50. The Morgan fingerprint density at radius 2 is 1.95 bits per heavy atom. The molecule has 0 aliphatic heterocycles. The highest BCUT2D eigenvalue weighted by atomic mass is 16.1. The van der Waals surface area contributed by atoms with Gasteiger partial charge in [-0.2, -0.15) is 0 Å². The summed E-state index contributed by atoms with van der Waals surface area (Å²) in [5.41, 5.74) is 3.66. The molecule has 1 aromatic carbocycles. The summed E-state index contributed by atoms with van der Waals surface area (Å²) in [5.74, 6) is 0.565. The molecule has 0 spiro atoms. The summed E-state index contributed by atoms with van der Waals surface area (Å²) in [6, 6.07) is 9.63. The predicted octanol–water partition coefficient (Wildman–Crippen LogP) is 5.20. The first kappa shape index (κ1) is 14.8. The fourth-order valence-corrected chi connectivity index (χ4v) is 3.09. The Balaban J connectivity index is 2.23. The SMILES string of the molecule is C=CC(=C1CCC1)C(CC)C(C)C(=O)c1ccccc1. The number of Topliss-reactive ketones (excluding diaryl/α,β-unsaturated/α-hetero) is 1. The molecule has 0 aromatic heterocycles. The molecule has 0 radical (unpaired) electrons. The van der Waals surface area contributed by atoms with Gasteiger partial charge in [0, 0.05) is 11.5 Å². The molecular weight excluding hydrogens is 244 g/mol. The maximum Gasteiger partial charge on any atom is 0.166 e. The zero-order chi connectivity index (χ0) is 14.5. The van der Waals surface area contributed by atoms with Crippen molar-refractivity contribution in [3.05, 3.63) is 59.7 Å². The molecule has 1 fully saturated rings. The number of hydrogen-bond acceptors (Lipinski definition) is 1. The van der Waals surface area contributed by atoms with Crippen LogP contribution in [0.3, 0.4) is 0 Å². The van der Waals surface area contributed by atoms with Crippen molar-refractivity contribution >= 4 is 5.78 Å². The molecule has 1 aromatic rings. The highest BCUT2D eigenvalue weighted by Crippen LogP contribution is 2.37. The second-order valence-electron chi connectivity index (χ2n) is 5.65. The van der Waals surface area contributed by atoms with Crippen LogP contribution in [-0.2, 0) is 0 Å². The van der Waals surface area contributed by atoms with Crippen LogP contribution in [0.1, 0.15) is 49.9 Å². The Kier molecular flexibility index (Phi) is 4.94. The van der Waals surface area contributed by atoms with Crippen LogP contribution in [0.4, 0.5) is 0 Å². The molecule has 0 heterocycles. The van der Waals surface area contributed by atoms with Gasteiger partial charge < -0.3 is 0 Å². The van der Waals surface area contributed by atoms with Crippen LogP contribution in [-0.4, -0.2) is 5.78 Å². The zero-order valence-electron chi connectivity index (χ0n) is 12.6. The molecule has 2 atom stereocenters. The van der Waals surface area contributed by atoms with Crippen molar-refractivity contribution in [3.8, 4) is 0 Å². The summed E-state index contributed by atoms with van der Waals surface area (Å²) in [6.07, 6.45) is 6.63. The van der Waals surface area contributed by atoms with Crippen LogP contribution in [0.25, 0.3) is 0 Å². The summed E-state index contributed by atoms with van der Waals surface area (Å²) in [7, 11) is 0. The number of ketones is 1. The van der Waals surface area contributed by atoms with E-state index in [0.29, 0.717) is 5.92 Å². The summed E-state index contributed by atoms with van der Waals surface area (Å²) < 4.78 is 0. The van der Waals surface area contributed by atoms with E-state index in [1.165, 1.54) is 30.4 Å². The van der Waals surface area contributed by atoms with Crippen molar-refractivity contribution in [2.45, 2.75) is 39.5 Å². The van der Waals surface area contributed by atoms with Gasteiger partial charge >= 0.3 is 0 Å². The van der Waals surface area contributed by atoms with E-state index in [0.717, 1.165) is 12.0 Å². The van der Waals surface area contributed by atoms with Gasteiger partial charge in [-0.3, -0.25) is 4.79 Å². The first-order chi connectivity index (χ1) is 9.69. The molecule has 0 saturated heterocycles. The minimum Gasteiger partial charge on any atom is -0.294 e. The molecule has 1 saturated carbocycles. The summed E-state index contributed by atoms with van der Waals surface area (Å²) in [6.45, 7) is 8.21. The van der Waals surface area contributed by atoms with Crippen LogP contribution in [0.2, 0.25) is 0 Å². The fourth-order valence-electron chi connectivity index (χ4n) is 3.09. The number of benzene rings is 1. The van der Waals surface area contributed by atoms with Gasteiger partial charge in [-0.1, -0.05) is 62.4 Å². The van der Waals surface area contributed by atoms with Crippen molar-refractivity contribution in [1.82, 2.24) is 0 Å². The van der Waals surface area contributed by atoms with E-state index in [2.05, 4.69) is 20.4 Å². The topological polar surface area (TPSA) is 17.1 Å². The van der Waals surface area contributed by atoms with E-state index in [1.807, 2.05) is 36.4 Å². The molecule has 1 aliphatic rings. The molecule has 0 bridgehead atoms. The fraction of sp³-hybridized carbons (Fsp3) is 0.421. The van der Waals surface area contributed by atoms with Crippen LogP contribution >= 0.6 is 0 Å². The minimum absolute atomic E-state index is 0.0171. The Labute approximate surface area is 122 Å². The first-order valence-corrected chi connectivity index (χ1v) is 7.62. The van der Waals surface area contributed by atoms with Crippen molar-refractivity contribution in [2.75, 3.05) is 0 Å². The lowest BCUT2D eigenvalue weighted by molar-refractivity contribution is 0.0897. The molecule has 2 rings (SSSR count). The number of hydrogen-bond donors (Lipinski definition) is 0. The number of rotatable bonds is 6. The van der Waals surface area contributed by atoms with Gasteiger partial charge in [0.1, 0.15) is 0 Å². The Bertz CT molecular complexity index is 504. The molecule has 20 heavy (non-hydrogen) atoms. The van der Waals surface area contributed by atoms with E-state index in [4.69, 9.17) is 0 Å². The largest absolute Gasteiger partial charge is 0.294 e. The van der Waals surface area contributed by atoms with Crippen LogP contribution < -0.4 is 0 Å². The maximum absolute atomic E-state index is 12.6. The van der Waals surface area contributed by atoms with Gasteiger partial charge in [0.05, 0.1) is 0 Å². The molecule has 0 amide bonds. The lowest BCUT2D eigenvalue weighted by Crippen LogP contribution is -2.23. The summed E-state index contributed by atoms with van der Waals surface area (Å²) >= 11 is 0. The molecule has 1 nitrogen and oxygen atoms in total. The number of carbonyl (C=O) groups is 1. The second-order valence-corrected chi connectivity index (χ2v) is 5.65. The van der Waals surface area contributed by atoms with Crippen molar-refractivity contribution in [3.63, 3.8) is 0 Å². The van der Waals surface area contributed by atoms with E-state index in [-0.39, 0.29) is 11.7 Å².